The molecular formula is C14H22N2O2. The number of benzene rings is 1. The normalized spacial score (nSPS) is 11.6. The first-order valence-corrected chi connectivity index (χ1v) is 6.10. The van der Waals surface area contributed by atoms with Crippen LogP contribution in [0.15, 0.2) is 18.2 Å². The van der Waals surface area contributed by atoms with Crippen LogP contribution in [0.25, 0.3) is 0 Å². The van der Waals surface area contributed by atoms with Gasteiger partial charge in [0.15, 0.2) is 0 Å². The van der Waals surface area contributed by atoms with Crippen LogP contribution in [0.3, 0.4) is 0 Å². The second kappa shape index (κ2) is 5.29. The lowest BCUT2D eigenvalue weighted by atomic mass is 9.81. The number of carboxylic acid groups (broad SMARTS) is 1. The number of anilines is 2. The predicted molar refractivity (Wildman–Crippen MR) is 74.9 cm³/mol. The van der Waals surface area contributed by atoms with E-state index in [1.54, 1.807) is 12.1 Å². The first-order valence-electron chi connectivity index (χ1n) is 6.10. The van der Waals surface area contributed by atoms with E-state index in [9.17, 15) is 4.79 Å². The van der Waals surface area contributed by atoms with Crippen LogP contribution in [0, 0.1) is 11.3 Å². The summed E-state index contributed by atoms with van der Waals surface area (Å²) >= 11 is 0. The fourth-order valence-corrected chi connectivity index (χ4v) is 1.38. The van der Waals surface area contributed by atoms with Crippen LogP contribution < -0.4 is 11.1 Å². The van der Waals surface area contributed by atoms with E-state index in [1.807, 2.05) is 0 Å². The molecule has 0 saturated carbocycles. The van der Waals surface area contributed by atoms with Crippen molar-refractivity contribution in [3.05, 3.63) is 23.8 Å². The Morgan fingerprint density at radius 1 is 1.44 bits per heavy atom. The second-order valence-corrected chi connectivity index (χ2v) is 5.60. The summed E-state index contributed by atoms with van der Waals surface area (Å²) in [5, 5.41) is 12.1. The van der Waals surface area contributed by atoms with Gasteiger partial charge in [0.25, 0.3) is 0 Å². The zero-order valence-electron chi connectivity index (χ0n) is 11.4. The Balaban J connectivity index is 2.78. The van der Waals surface area contributed by atoms with Gasteiger partial charge in [-0.3, -0.25) is 0 Å². The number of carboxylic acids is 1. The van der Waals surface area contributed by atoms with Crippen molar-refractivity contribution in [3.63, 3.8) is 0 Å². The van der Waals surface area contributed by atoms with Crippen molar-refractivity contribution in [2.75, 3.05) is 17.6 Å². The summed E-state index contributed by atoms with van der Waals surface area (Å²) in [5.74, 6) is -0.416. The molecule has 0 bridgehead atoms. The Morgan fingerprint density at radius 2 is 2.06 bits per heavy atom. The lowest BCUT2D eigenvalue weighted by Crippen LogP contribution is -2.28. The molecule has 4 N–H and O–H groups in total. The quantitative estimate of drug-likeness (QED) is 0.702. The molecule has 0 aromatic heterocycles. The molecule has 0 aliphatic heterocycles. The molecule has 0 spiro atoms. The third-order valence-electron chi connectivity index (χ3n) is 3.60. The van der Waals surface area contributed by atoms with Gasteiger partial charge >= 0.3 is 5.97 Å². The van der Waals surface area contributed by atoms with Crippen molar-refractivity contribution in [3.8, 4) is 0 Å². The van der Waals surface area contributed by atoms with Crippen LogP contribution in [-0.2, 0) is 0 Å². The number of nitrogens with one attached hydrogen (secondary N) is 1. The van der Waals surface area contributed by atoms with Gasteiger partial charge in [-0.15, -0.1) is 0 Å². The van der Waals surface area contributed by atoms with Crippen LogP contribution in [0.5, 0.6) is 0 Å². The lowest BCUT2D eigenvalue weighted by Gasteiger charge is -2.30. The summed E-state index contributed by atoms with van der Waals surface area (Å²) in [6.45, 7) is 9.53. The largest absolute Gasteiger partial charge is 0.478 e. The number of hydrogen-bond acceptors (Lipinski definition) is 3. The molecule has 0 heterocycles. The molecule has 1 aromatic carbocycles. The third-order valence-corrected chi connectivity index (χ3v) is 3.60. The number of aromatic carboxylic acids is 1. The van der Waals surface area contributed by atoms with Crippen molar-refractivity contribution < 1.29 is 9.90 Å². The molecule has 0 aliphatic rings. The van der Waals surface area contributed by atoms with Crippen molar-refractivity contribution >= 4 is 17.3 Å². The minimum Gasteiger partial charge on any atom is -0.478 e. The number of nitrogen functional groups attached to an aromatic ring is 1. The number of nitrogens with two attached hydrogens (primary N) is 1. The molecule has 4 nitrogen and oxygen atoms in total. The van der Waals surface area contributed by atoms with Crippen molar-refractivity contribution in [1.29, 1.82) is 0 Å². The Bertz CT molecular complexity index is 439. The fourth-order valence-electron chi connectivity index (χ4n) is 1.38. The van der Waals surface area contributed by atoms with E-state index in [1.165, 1.54) is 6.07 Å². The summed E-state index contributed by atoms with van der Waals surface area (Å²) in [5.41, 5.74) is 7.45. The summed E-state index contributed by atoms with van der Waals surface area (Å²) in [4.78, 5) is 10.8. The summed E-state index contributed by atoms with van der Waals surface area (Å²) < 4.78 is 0. The lowest BCUT2D eigenvalue weighted by molar-refractivity contribution is 0.0697. The molecular weight excluding hydrogens is 228 g/mol. The van der Waals surface area contributed by atoms with Gasteiger partial charge in [-0.25, -0.2) is 4.79 Å². The maximum atomic E-state index is 10.8. The zero-order chi connectivity index (χ0) is 13.9. The first kappa shape index (κ1) is 14.4. The molecule has 1 rings (SSSR count). The summed E-state index contributed by atoms with van der Waals surface area (Å²) in [6.07, 6.45) is 0. The average molecular weight is 250 g/mol. The number of rotatable bonds is 5. The highest BCUT2D eigenvalue weighted by molar-refractivity contribution is 5.90. The van der Waals surface area contributed by atoms with Gasteiger partial charge in [0.1, 0.15) is 0 Å². The van der Waals surface area contributed by atoms with Gasteiger partial charge in [-0.05, 0) is 29.5 Å². The maximum absolute atomic E-state index is 10.8. The predicted octanol–water partition coefficient (Wildman–Crippen LogP) is 3.06. The molecule has 1 aromatic rings. The Kier molecular flexibility index (Phi) is 4.22. The van der Waals surface area contributed by atoms with E-state index in [2.05, 4.69) is 33.0 Å². The molecule has 4 heteroatoms. The summed E-state index contributed by atoms with van der Waals surface area (Å²) in [7, 11) is 0. The second-order valence-electron chi connectivity index (χ2n) is 5.60. The van der Waals surface area contributed by atoms with Crippen LogP contribution in [-0.4, -0.2) is 17.6 Å². The van der Waals surface area contributed by atoms with Gasteiger partial charge in [0.2, 0.25) is 0 Å². The minimum absolute atomic E-state index is 0.151. The van der Waals surface area contributed by atoms with E-state index < -0.39 is 5.97 Å². The monoisotopic (exact) mass is 250 g/mol. The molecule has 0 amide bonds. The van der Waals surface area contributed by atoms with Crippen LogP contribution in [0.1, 0.15) is 38.1 Å². The topological polar surface area (TPSA) is 75.3 Å². The van der Waals surface area contributed by atoms with E-state index in [0.717, 1.165) is 12.2 Å². The molecule has 0 saturated heterocycles. The molecule has 18 heavy (non-hydrogen) atoms. The minimum atomic E-state index is -0.962. The molecule has 0 aliphatic carbocycles. The highest BCUT2D eigenvalue weighted by Crippen LogP contribution is 2.28. The van der Waals surface area contributed by atoms with Crippen molar-refractivity contribution in [2.24, 2.45) is 11.3 Å². The van der Waals surface area contributed by atoms with E-state index in [4.69, 9.17) is 10.8 Å². The molecule has 0 fully saturated rings. The maximum Gasteiger partial charge on any atom is 0.335 e. The highest BCUT2D eigenvalue weighted by atomic mass is 16.4. The molecule has 0 radical (unpaired) electrons. The molecule has 0 unspecified atom stereocenters. The van der Waals surface area contributed by atoms with Crippen LogP contribution >= 0.6 is 0 Å². The van der Waals surface area contributed by atoms with Gasteiger partial charge in [-0.2, -0.15) is 0 Å². The van der Waals surface area contributed by atoms with Crippen LogP contribution in [0.4, 0.5) is 11.4 Å². The zero-order valence-corrected chi connectivity index (χ0v) is 11.4. The van der Waals surface area contributed by atoms with Crippen molar-refractivity contribution in [2.45, 2.75) is 27.7 Å². The Hall–Kier alpha value is -1.71. The number of hydrogen-bond donors (Lipinski definition) is 3. The molecule has 0 atom stereocenters. The van der Waals surface area contributed by atoms with Crippen molar-refractivity contribution in [1.82, 2.24) is 0 Å². The van der Waals surface area contributed by atoms with Gasteiger partial charge in [0.05, 0.1) is 16.9 Å². The van der Waals surface area contributed by atoms with Gasteiger partial charge in [0, 0.05) is 6.54 Å². The average Bonchev–Trinajstić information content (AvgIpc) is 2.26. The Labute approximate surface area is 108 Å². The van der Waals surface area contributed by atoms with Gasteiger partial charge in [-0.1, -0.05) is 27.7 Å². The van der Waals surface area contributed by atoms with E-state index >= 15 is 0 Å². The van der Waals surface area contributed by atoms with E-state index in [-0.39, 0.29) is 11.0 Å². The van der Waals surface area contributed by atoms with Gasteiger partial charge < -0.3 is 16.2 Å². The number of carbonyl (C=O) groups is 1. The highest BCUT2D eigenvalue weighted by Gasteiger charge is 2.22. The summed E-state index contributed by atoms with van der Waals surface area (Å²) in [6, 6.07) is 4.76. The standard InChI is InChI=1S/C14H22N2O2/c1-9(2)14(3,4)8-16-12-6-5-10(13(17)18)7-11(12)15/h5-7,9,16H,8,15H2,1-4H3,(H,17,18). The van der Waals surface area contributed by atoms with E-state index in [0.29, 0.717) is 11.6 Å². The molecule has 100 valence electrons. The smallest absolute Gasteiger partial charge is 0.335 e. The van der Waals surface area contributed by atoms with Crippen LogP contribution in [0.2, 0.25) is 0 Å². The Morgan fingerprint density at radius 3 is 2.50 bits per heavy atom. The first-order chi connectivity index (χ1) is 8.24. The fraction of sp³-hybridized carbons (Fsp3) is 0.500. The third kappa shape index (κ3) is 3.39. The SMILES string of the molecule is CC(C)C(C)(C)CNc1ccc(C(=O)O)cc1N.